The van der Waals surface area contributed by atoms with Gasteiger partial charge in [-0.25, -0.2) is 9.97 Å². The molecular formula is C11H15N5O2. The molecule has 2 N–H and O–H groups in total. The highest BCUT2D eigenvalue weighted by atomic mass is 16.3. The Balaban J connectivity index is 2.15. The second kappa shape index (κ2) is 5.46. The Morgan fingerprint density at radius 1 is 1.61 bits per heavy atom. The first-order valence-corrected chi connectivity index (χ1v) is 5.57. The maximum Gasteiger partial charge on any atom is 0.272 e. The van der Waals surface area contributed by atoms with Gasteiger partial charge in [-0.05, 0) is 0 Å². The molecule has 2 heterocycles. The van der Waals surface area contributed by atoms with Crippen LogP contribution in [0, 0.1) is 0 Å². The molecule has 0 spiro atoms. The highest BCUT2D eigenvalue weighted by molar-refractivity contribution is 5.92. The first kappa shape index (κ1) is 12.3. The molecule has 2 aromatic heterocycles. The molecule has 18 heavy (non-hydrogen) atoms. The van der Waals surface area contributed by atoms with E-state index in [0.717, 1.165) is 0 Å². The number of aryl methyl sites for hydroxylation is 1. The van der Waals surface area contributed by atoms with Crippen molar-refractivity contribution in [2.75, 3.05) is 13.2 Å². The van der Waals surface area contributed by atoms with Gasteiger partial charge in [-0.1, -0.05) is 0 Å². The van der Waals surface area contributed by atoms with E-state index in [1.807, 2.05) is 0 Å². The molecule has 0 fully saturated rings. The van der Waals surface area contributed by atoms with Crippen molar-refractivity contribution < 1.29 is 9.90 Å². The smallest absolute Gasteiger partial charge is 0.272 e. The first-order chi connectivity index (χ1) is 8.72. The number of hydrogen-bond donors (Lipinski definition) is 2. The summed E-state index contributed by atoms with van der Waals surface area (Å²) in [6.07, 6.45) is 6.40. The lowest BCUT2D eigenvalue weighted by Gasteiger charge is -2.20. The van der Waals surface area contributed by atoms with Gasteiger partial charge in [-0.2, -0.15) is 0 Å². The van der Waals surface area contributed by atoms with Gasteiger partial charge in [0.15, 0.2) is 0 Å². The molecule has 96 valence electrons. The zero-order valence-corrected chi connectivity index (χ0v) is 10.1. The van der Waals surface area contributed by atoms with E-state index >= 15 is 0 Å². The highest BCUT2D eigenvalue weighted by Crippen LogP contribution is 2.06. The molecule has 0 aliphatic heterocycles. The van der Waals surface area contributed by atoms with Crippen molar-refractivity contribution >= 4 is 5.91 Å². The summed E-state index contributed by atoms with van der Waals surface area (Å²) in [6, 6.07) is 0. The molecule has 0 unspecified atom stereocenters. The van der Waals surface area contributed by atoms with Crippen molar-refractivity contribution in [3.05, 3.63) is 36.4 Å². The van der Waals surface area contributed by atoms with Crippen molar-refractivity contribution in [2.45, 2.75) is 6.54 Å². The standard InChI is InChI=1S/C11H15N5O2/c1-15-8-12-6-9(15)11(18)16(4-5-17)7-10-13-2-3-14-10/h2-3,6,8,17H,4-5,7H2,1H3,(H,13,14). The number of hydrogen-bond acceptors (Lipinski definition) is 4. The summed E-state index contributed by atoms with van der Waals surface area (Å²) in [5.41, 5.74) is 0.481. The summed E-state index contributed by atoms with van der Waals surface area (Å²) in [5.74, 6) is 0.499. The Morgan fingerprint density at radius 2 is 2.44 bits per heavy atom. The Kier molecular flexibility index (Phi) is 3.73. The lowest BCUT2D eigenvalue weighted by atomic mass is 10.3. The Labute approximate surface area is 104 Å². The number of nitrogens with one attached hydrogen (secondary N) is 1. The molecule has 2 rings (SSSR count). The van der Waals surface area contributed by atoms with Crippen molar-refractivity contribution in [1.82, 2.24) is 24.4 Å². The number of carbonyl (C=O) groups excluding carboxylic acids is 1. The minimum Gasteiger partial charge on any atom is -0.395 e. The minimum absolute atomic E-state index is 0.0930. The summed E-state index contributed by atoms with van der Waals surface area (Å²) >= 11 is 0. The average molecular weight is 249 g/mol. The molecule has 0 aliphatic rings. The lowest BCUT2D eigenvalue weighted by molar-refractivity contribution is 0.0693. The van der Waals surface area contributed by atoms with E-state index in [4.69, 9.17) is 5.11 Å². The fraction of sp³-hybridized carbons (Fsp3) is 0.364. The molecule has 0 saturated heterocycles. The summed E-state index contributed by atoms with van der Waals surface area (Å²) in [6.45, 7) is 0.493. The zero-order chi connectivity index (χ0) is 13.0. The number of nitrogens with zero attached hydrogens (tertiary/aromatic N) is 4. The van der Waals surface area contributed by atoms with Crippen LogP contribution in [0.1, 0.15) is 16.3 Å². The van der Waals surface area contributed by atoms with Crippen molar-refractivity contribution in [2.24, 2.45) is 7.05 Å². The molecule has 0 atom stereocenters. The van der Waals surface area contributed by atoms with Crippen LogP contribution in [0.3, 0.4) is 0 Å². The van der Waals surface area contributed by atoms with Gasteiger partial charge in [0.2, 0.25) is 0 Å². The van der Waals surface area contributed by atoms with Crippen molar-refractivity contribution in [1.29, 1.82) is 0 Å². The number of aromatic nitrogens is 4. The Morgan fingerprint density at radius 3 is 3.00 bits per heavy atom. The zero-order valence-electron chi connectivity index (χ0n) is 10.1. The molecular weight excluding hydrogens is 234 g/mol. The average Bonchev–Trinajstić information content (AvgIpc) is 2.99. The highest BCUT2D eigenvalue weighted by Gasteiger charge is 2.19. The van der Waals surface area contributed by atoms with Gasteiger partial charge >= 0.3 is 0 Å². The van der Waals surface area contributed by atoms with Gasteiger partial charge in [0.05, 0.1) is 25.7 Å². The molecule has 2 aromatic rings. The van der Waals surface area contributed by atoms with Gasteiger partial charge in [-0.15, -0.1) is 0 Å². The van der Waals surface area contributed by atoms with Crippen LogP contribution in [-0.2, 0) is 13.6 Å². The predicted octanol–water partition coefficient (Wildman–Crippen LogP) is -0.222. The second-order valence-electron chi connectivity index (χ2n) is 3.88. The summed E-state index contributed by atoms with van der Waals surface area (Å²) in [5, 5.41) is 9.03. The van der Waals surface area contributed by atoms with E-state index in [0.29, 0.717) is 18.1 Å². The minimum atomic E-state index is -0.180. The normalized spacial score (nSPS) is 10.6. The SMILES string of the molecule is Cn1cncc1C(=O)N(CCO)Cc1ncc[nH]1. The maximum absolute atomic E-state index is 12.3. The van der Waals surface area contributed by atoms with Crippen LogP contribution in [0.25, 0.3) is 0 Å². The monoisotopic (exact) mass is 249 g/mol. The van der Waals surface area contributed by atoms with Crippen molar-refractivity contribution in [3.8, 4) is 0 Å². The number of amides is 1. The van der Waals surface area contributed by atoms with E-state index in [2.05, 4.69) is 15.0 Å². The van der Waals surface area contributed by atoms with E-state index < -0.39 is 0 Å². The maximum atomic E-state index is 12.3. The third-order valence-corrected chi connectivity index (χ3v) is 2.59. The van der Waals surface area contributed by atoms with E-state index in [9.17, 15) is 4.79 Å². The molecule has 0 radical (unpaired) electrons. The molecule has 0 aliphatic carbocycles. The van der Waals surface area contributed by atoms with Crippen LogP contribution in [0.4, 0.5) is 0 Å². The Bertz CT molecular complexity index is 505. The van der Waals surface area contributed by atoms with Gasteiger partial charge in [0.1, 0.15) is 11.5 Å². The number of carbonyl (C=O) groups is 1. The number of aliphatic hydroxyl groups is 1. The fourth-order valence-corrected chi connectivity index (χ4v) is 1.66. The summed E-state index contributed by atoms with van der Waals surface area (Å²) in [4.78, 5) is 24.7. The van der Waals surface area contributed by atoms with E-state index in [-0.39, 0.29) is 19.1 Å². The predicted molar refractivity (Wildman–Crippen MR) is 63.6 cm³/mol. The molecule has 0 aromatic carbocycles. The quantitative estimate of drug-likeness (QED) is 0.766. The Hall–Kier alpha value is -2.15. The van der Waals surface area contributed by atoms with Crippen LogP contribution in [0.2, 0.25) is 0 Å². The third kappa shape index (κ3) is 2.57. The van der Waals surface area contributed by atoms with Crippen LogP contribution < -0.4 is 0 Å². The van der Waals surface area contributed by atoms with Gasteiger partial charge in [-0.3, -0.25) is 4.79 Å². The van der Waals surface area contributed by atoms with Gasteiger partial charge in [0, 0.05) is 26.0 Å². The molecule has 0 saturated carbocycles. The number of H-pyrrole nitrogens is 1. The summed E-state index contributed by atoms with van der Waals surface area (Å²) in [7, 11) is 1.75. The number of rotatable bonds is 5. The topological polar surface area (TPSA) is 87.0 Å². The first-order valence-electron chi connectivity index (χ1n) is 5.57. The molecule has 7 nitrogen and oxygen atoms in total. The molecule has 7 heteroatoms. The van der Waals surface area contributed by atoms with E-state index in [1.165, 1.54) is 11.1 Å². The van der Waals surface area contributed by atoms with Gasteiger partial charge in [0.25, 0.3) is 5.91 Å². The third-order valence-electron chi connectivity index (χ3n) is 2.59. The number of aromatic amines is 1. The molecule has 0 bridgehead atoms. The summed E-state index contributed by atoms with van der Waals surface area (Å²) < 4.78 is 1.65. The van der Waals surface area contributed by atoms with Crippen molar-refractivity contribution in [3.63, 3.8) is 0 Å². The van der Waals surface area contributed by atoms with Crippen LogP contribution in [0.5, 0.6) is 0 Å². The second-order valence-corrected chi connectivity index (χ2v) is 3.88. The number of aliphatic hydroxyl groups excluding tert-OH is 1. The molecule has 1 amide bonds. The van der Waals surface area contributed by atoms with Crippen LogP contribution in [-0.4, -0.2) is 48.6 Å². The number of imidazole rings is 2. The van der Waals surface area contributed by atoms with Gasteiger partial charge < -0.3 is 19.6 Å². The largest absolute Gasteiger partial charge is 0.395 e. The van der Waals surface area contributed by atoms with E-state index in [1.54, 1.807) is 30.3 Å². The fourth-order valence-electron chi connectivity index (χ4n) is 1.66. The van der Waals surface area contributed by atoms with Crippen LogP contribution >= 0.6 is 0 Å². The van der Waals surface area contributed by atoms with Crippen LogP contribution in [0.15, 0.2) is 24.9 Å². The lowest BCUT2D eigenvalue weighted by Crippen LogP contribution is -2.34.